The van der Waals surface area contributed by atoms with Crippen LogP contribution in [0.25, 0.3) is 11.4 Å². The predicted molar refractivity (Wildman–Crippen MR) is 107 cm³/mol. The highest BCUT2D eigenvalue weighted by Crippen LogP contribution is 2.36. The second kappa shape index (κ2) is 9.63. The number of ether oxygens (including phenoxy) is 1. The molecule has 3 rings (SSSR count). The number of hydrogen-bond acceptors (Lipinski definition) is 3. The fourth-order valence-electron chi connectivity index (χ4n) is 3.82. The lowest BCUT2D eigenvalue weighted by Gasteiger charge is -2.27. The Morgan fingerprint density at radius 1 is 1.04 bits per heavy atom. The maximum atomic E-state index is 5.09. The third-order valence-electron chi connectivity index (χ3n) is 5.33. The van der Waals surface area contributed by atoms with E-state index in [2.05, 4.69) is 53.3 Å². The number of allylic oxidation sites excluding steroid dienone is 1. The number of rotatable bonds is 7. The number of benzene rings is 1. The summed E-state index contributed by atoms with van der Waals surface area (Å²) in [6, 6.07) is 8.89. The lowest BCUT2D eigenvalue weighted by atomic mass is 9.78. The summed E-state index contributed by atoms with van der Waals surface area (Å²) >= 11 is 0. The van der Waals surface area contributed by atoms with Gasteiger partial charge in [0.2, 0.25) is 0 Å². The van der Waals surface area contributed by atoms with Gasteiger partial charge in [-0.2, -0.15) is 0 Å². The van der Waals surface area contributed by atoms with Crippen LogP contribution >= 0.6 is 0 Å². The van der Waals surface area contributed by atoms with E-state index in [9.17, 15) is 0 Å². The zero-order chi connectivity index (χ0) is 18.2. The van der Waals surface area contributed by atoms with E-state index in [1.165, 1.54) is 36.8 Å². The summed E-state index contributed by atoms with van der Waals surface area (Å²) in [6.45, 7) is 2.90. The summed E-state index contributed by atoms with van der Waals surface area (Å²) in [7, 11) is 1.75. The van der Waals surface area contributed by atoms with E-state index in [1.54, 1.807) is 7.11 Å². The van der Waals surface area contributed by atoms with E-state index < -0.39 is 0 Å². The van der Waals surface area contributed by atoms with Crippen LogP contribution in [-0.2, 0) is 11.2 Å². The molecule has 0 radical (unpaired) electrons. The molecular weight excluding hydrogens is 320 g/mol. The molecule has 0 bridgehead atoms. The SMILES string of the molecule is CCCc1cnc(-c2ccc([C@H]3CC[C@H](C=CCOC)CC3)cc2)nc1. The van der Waals surface area contributed by atoms with Crippen LogP contribution in [0.15, 0.2) is 48.8 Å². The maximum Gasteiger partial charge on any atom is 0.159 e. The largest absolute Gasteiger partial charge is 0.381 e. The van der Waals surface area contributed by atoms with Gasteiger partial charge >= 0.3 is 0 Å². The molecule has 138 valence electrons. The second-order valence-corrected chi connectivity index (χ2v) is 7.28. The average molecular weight is 351 g/mol. The number of aromatic nitrogens is 2. The number of methoxy groups -OCH3 is 1. The summed E-state index contributed by atoms with van der Waals surface area (Å²) in [5, 5.41) is 0. The Morgan fingerprint density at radius 3 is 2.35 bits per heavy atom. The molecule has 0 aliphatic heterocycles. The molecule has 0 unspecified atom stereocenters. The van der Waals surface area contributed by atoms with Crippen molar-refractivity contribution in [3.05, 3.63) is 59.9 Å². The summed E-state index contributed by atoms with van der Waals surface area (Å²) in [4.78, 5) is 9.05. The minimum absolute atomic E-state index is 0.684. The first-order chi connectivity index (χ1) is 12.8. The first-order valence-electron chi connectivity index (χ1n) is 9.87. The average Bonchev–Trinajstić information content (AvgIpc) is 2.70. The molecular formula is C23H30N2O. The van der Waals surface area contributed by atoms with Crippen molar-refractivity contribution in [2.24, 2.45) is 5.92 Å². The normalized spacial score (nSPS) is 20.5. The summed E-state index contributed by atoms with van der Waals surface area (Å²) < 4.78 is 5.09. The van der Waals surface area contributed by atoms with E-state index in [0.717, 1.165) is 36.8 Å². The standard InChI is InChI=1S/C23H30N2O/c1-3-5-19-16-24-23(25-17-19)22-13-11-21(12-14-22)20-9-7-18(8-10-20)6-4-15-26-2/h4,6,11-14,16-18,20H,3,5,7-10,15H2,1-2H3/t18-,20-. The molecule has 3 heteroatoms. The van der Waals surface area contributed by atoms with Crippen LogP contribution in [0.5, 0.6) is 0 Å². The van der Waals surface area contributed by atoms with Gasteiger partial charge in [-0.1, -0.05) is 49.8 Å². The van der Waals surface area contributed by atoms with Gasteiger partial charge in [0.15, 0.2) is 5.82 Å². The van der Waals surface area contributed by atoms with Crippen molar-refractivity contribution < 1.29 is 4.74 Å². The van der Waals surface area contributed by atoms with Gasteiger partial charge in [0.05, 0.1) is 6.61 Å². The second-order valence-electron chi connectivity index (χ2n) is 7.28. The van der Waals surface area contributed by atoms with Crippen LogP contribution in [0.4, 0.5) is 0 Å². The molecule has 0 saturated heterocycles. The Kier molecular flexibility index (Phi) is 6.96. The molecule has 1 aliphatic rings. The Hall–Kier alpha value is -2.00. The fraction of sp³-hybridized carbons (Fsp3) is 0.478. The molecule has 1 aliphatic carbocycles. The van der Waals surface area contributed by atoms with E-state index in [-0.39, 0.29) is 0 Å². The monoisotopic (exact) mass is 350 g/mol. The van der Waals surface area contributed by atoms with Crippen molar-refractivity contribution >= 4 is 0 Å². The van der Waals surface area contributed by atoms with Gasteiger partial charge in [-0.3, -0.25) is 0 Å². The highest BCUT2D eigenvalue weighted by atomic mass is 16.5. The van der Waals surface area contributed by atoms with Crippen LogP contribution < -0.4 is 0 Å². The number of aryl methyl sites for hydroxylation is 1. The van der Waals surface area contributed by atoms with Crippen molar-refractivity contribution in [2.45, 2.75) is 51.4 Å². The van der Waals surface area contributed by atoms with Crippen LogP contribution in [0, 0.1) is 5.92 Å². The van der Waals surface area contributed by atoms with Gasteiger partial charge in [0.1, 0.15) is 0 Å². The Bertz CT molecular complexity index is 683. The first-order valence-corrected chi connectivity index (χ1v) is 9.87. The van der Waals surface area contributed by atoms with Crippen molar-refractivity contribution in [1.29, 1.82) is 0 Å². The maximum absolute atomic E-state index is 5.09. The third-order valence-corrected chi connectivity index (χ3v) is 5.33. The highest BCUT2D eigenvalue weighted by molar-refractivity contribution is 5.55. The zero-order valence-corrected chi connectivity index (χ0v) is 16.0. The molecule has 0 spiro atoms. The summed E-state index contributed by atoms with van der Waals surface area (Å²) in [5.74, 6) is 2.23. The van der Waals surface area contributed by atoms with Crippen molar-refractivity contribution in [3.63, 3.8) is 0 Å². The van der Waals surface area contributed by atoms with E-state index >= 15 is 0 Å². The van der Waals surface area contributed by atoms with Gasteiger partial charge in [-0.25, -0.2) is 9.97 Å². The lowest BCUT2D eigenvalue weighted by molar-refractivity contribution is 0.233. The fourth-order valence-corrected chi connectivity index (χ4v) is 3.82. The van der Waals surface area contributed by atoms with Gasteiger partial charge in [0, 0.05) is 25.1 Å². The Labute approximate surface area is 157 Å². The van der Waals surface area contributed by atoms with E-state index in [0.29, 0.717) is 5.92 Å². The molecule has 1 fully saturated rings. The van der Waals surface area contributed by atoms with Crippen molar-refractivity contribution in [2.75, 3.05) is 13.7 Å². The summed E-state index contributed by atoms with van der Waals surface area (Å²) in [5.41, 5.74) is 3.77. The molecule has 0 amide bonds. The van der Waals surface area contributed by atoms with Crippen molar-refractivity contribution in [1.82, 2.24) is 9.97 Å². The van der Waals surface area contributed by atoms with Gasteiger partial charge in [0.25, 0.3) is 0 Å². The molecule has 1 saturated carbocycles. The smallest absolute Gasteiger partial charge is 0.159 e. The van der Waals surface area contributed by atoms with Crippen LogP contribution in [0.2, 0.25) is 0 Å². The topological polar surface area (TPSA) is 35.0 Å². The number of nitrogens with zero attached hydrogens (tertiary/aromatic N) is 2. The molecule has 1 heterocycles. The molecule has 0 N–H and O–H groups in total. The van der Waals surface area contributed by atoms with Gasteiger partial charge in [-0.15, -0.1) is 0 Å². The molecule has 1 aromatic heterocycles. The number of hydrogen-bond donors (Lipinski definition) is 0. The highest BCUT2D eigenvalue weighted by Gasteiger charge is 2.20. The minimum atomic E-state index is 0.684. The van der Waals surface area contributed by atoms with Crippen molar-refractivity contribution in [3.8, 4) is 11.4 Å². The third kappa shape index (κ3) is 5.01. The molecule has 3 nitrogen and oxygen atoms in total. The van der Waals surface area contributed by atoms with Gasteiger partial charge < -0.3 is 4.74 Å². The van der Waals surface area contributed by atoms with E-state index in [1.807, 2.05) is 12.4 Å². The Morgan fingerprint density at radius 2 is 1.73 bits per heavy atom. The van der Waals surface area contributed by atoms with Crippen LogP contribution in [0.1, 0.15) is 56.1 Å². The zero-order valence-electron chi connectivity index (χ0n) is 16.0. The molecule has 2 aromatic rings. The quantitative estimate of drug-likeness (QED) is 0.612. The Balaban J connectivity index is 1.58. The molecule has 0 atom stereocenters. The van der Waals surface area contributed by atoms with Crippen LogP contribution in [-0.4, -0.2) is 23.7 Å². The lowest BCUT2D eigenvalue weighted by Crippen LogP contribution is -2.11. The molecule has 26 heavy (non-hydrogen) atoms. The molecule has 1 aromatic carbocycles. The first kappa shape index (κ1) is 18.8. The van der Waals surface area contributed by atoms with E-state index in [4.69, 9.17) is 4.74 Å². The minimum Gasteiger partial charge on any atom is -0.381 e. The summed E-state index contributed by atoms with van der Waals surface area (Å²) in [6.07, 6.45) is 15.7. The van der Waals surface area contributed by atoms with Gasteiger partial charge in [-0.05, 0) is 55.1 Å². The van der Waals surface area contributed by atoms with Crippen LogP contribution in [0.3, 0.4) is 0 Å². The predicted octanol–water partition coefficient (Wildman–Crippen LogP) is 5.57.